The fraction of sp³-hybridized carbons (Fsp3) is 0.476. The van der Waals surface area contributed by atoms with Gasteiger partial charge in [-0.25, -0.2) is 19.7 Å². The molecule has 8 heterocycles. The van der Waals surface area contributed by atoms with E-state index in [9.17, 15) is 24.0 Å². The summed E-state index contributed by atoms with van der Waals surface area (Å²) in [5, 5.41) is 5.87. The number of nitrogens with one attached hydrogen (secondary N) is 2. The van der Waals surface area contributed by atoms with E-state index in [1.165, 1.54) is 0 Å². The number of fused-ring (bicyclic) bond motifs is 1. The van der Waals surface area contributed by atoms with Crippen molar-refractivity contribution in [2.45, 2.75) is 63.5 Å². The zero-order valence-corrected chi connectivity index (χ0v) is 33.4. The molecule has 9 rings (SSSR count). The number of urea groups is 1. The van der Waals surface area contributed by atoms with E-state index in [2.05, 4.69) is 41.9 Å². The monoisotopic (exact) mass is 802 g/mol. The summed E-state index contributed by atoms with van der Waals surface area (Å²) in [4.78, 5) is 89.8. The lowest BCUT2D eigenvalue weighted by molar-refractivity contribution is -0.125. The lowest BCUT2D eigenvalue weighted by Crippen LogP contribution is -2.51. The Morgan fingerprint density at radius 3 is 2.22 bits per heavy atom. The van der Waals surface area contributed by atoms with Crippen LogP contribution in [0.25, 0.3) is 0 Å². The van der Waals surface area contributed by atoms with Gasteiger partial charge in [0.2, 0.25) is 5.91 Å². The Bertz CT molecular complexity index is 2210. The third-order valence-corrected chi connectivity index (χ3v) is 13.3. The van der Waals surface area contributed by atoms with Crippen molar-refractivity contribution < 1.29 is 24.0 Å². The molecule has 0 saturated carbocycles. The molecule has 2 atom stereocenters. The quantitative estimate of drug-likeness (QED) is 0.282. The van der Waals surface area contributed by atoms with Crippen LogP contribution in [0.2, 0.25) is 0 Å². The maximum atomic E-state index is 13.5. The van der Waals surface area contributed by atoms with E-state index < -0.39 is 23.8 Å². The number of likely N-dealkylation sites (N-methyl/N-ethyl adjacent to an activating group) is 1. The molecule has 6 aliphatic heterocycles. The van der Waals surface area contributed by atoms with Crippen molar-refractivity contribution in [1.82, 2.24) is 35.0 Å². The van der Waals surface area contributed by atoms with Crippen LogP contribution in [0.1, 0.15) is 82.6 Å². The van der Waals surface area contributed by atoms with E-state index in [4.69, 9.17) is 10.7 Å². The number of primary amides is 1. The Labute approximate surface area is 342 Å². The van der Waals surface area contributed by atoms with Crippen LogP contribution < -0.4 is 31.1 Å². The maximum absolute atomic E-state index is 13.5. The minimum absolute atomic E-state index is 0.0283. The van der Waals surface area contributed by atoms with Crippen LogP contribution in [0.3, 0.4) is 0 Å². The molecule has 6 amide bonds. The molecule has 6 aliphatic rings. The number of amides is 6. The van der Waals surface area contributed by atoms with Crippen LogP contribution in [-0.4, -0.2) is 131 Å². The highest BCUT2D eigenvalue weighted by Gasteiger charge is 2.45. The highest BCUT2D eigenvalue weighted by Crippen LogP contribution is 2.43. The molecule has 2 aromatic heterocycles. The first-order valence-electron chi connectivity index (χ1n) is 20.6. The third-order valence-electron chi connectivity index (χ3n) is 13.3. The summed E-state index contributed by atoms with van der Waals surface area (Å²) in [6.45, 7) is 10.1. The van der Waals surface area contributed by atoms with Gasteiger partial charge >= 0.3 is 6.03 Å². The number of aromatic nitrogens is 3. The van der Waals surface area contributed by atoms with Gasteiger partial charge in [0.25, 0.3) is 17.7 Å². The first kappa shape index (κ1) is 38.3. The average Bonchev–Trinajstić information content (AvgIpc) is 3.71. The summed E-state index contributed by atoms with van der Waals surface area (Å²) in [7, 11) is 1.83. The number of rotatable bonds is 8. The largest absolute Gasteiger partial charge is 0.371 e. The lowest BCUT2D eigenvalue weighted by Gasteiger charge is -2.48. The van der Waals surface area contributed by atoms with E-state index in [0.29, 0.717) is 54.4 Å². The second-order valence-electron chi connectivity index (χ2n) is 16.8. The number of carbonyl (C=O) groups is 5. The van der Waals surface area contributed by atoms with Crippen LogP contribution in [0.5, 0.6) is 0 Å². The van der Waals surface area contributed by atoms with Crippen LogP contribution in [0, 0.1) is 5.41 Å². The van der Waals surface area contributed by atoms with Gasteiger partial charge in [-0.05, 0) is 87.1 Å². The predicted octanol–water partition coefficient (Wildman–Crippen LogP) is 3.33. The molecule has 0 radical (unpaired) electrons. The van der Waals surface area contributed by atoms with Crippen molar-refractivity contribution in [3.63, 3.8) is 0 Å². The fourth-order valence-electron chi connectivity index (χ4n) is 9.71. The third kappa shape index (κ3) is 7.16. The minimum atomic E-state index is -0.825. The van der Waals surface area contributed by atoms with Gasteiger partial charge in [0.15, 0.2) is 11.5 Å². The average molecular weight is 803 g/mol. The number of piperidine rings is 4. The Hall–Kier alpha value is -6.26. The molecule has 4 N–H and O–H groups in total. The topological polar surface area (TPSA) is 194 Å². The molecule has 1 aromatic carbocycles. The van der Waals surface area contributed by atoms with Crippen molar-refractivity contribution in [2.75, 3.05) is 79.4 Å². The molecule has 308 valence electrons. The van der Waals surface area contributed by atoms with Gasteiger partial charge < -0.3 is 40.9 Å². The standard InChI is InChI=1S/C42H50N12O5/c1-26-5-9-32(38(56)46-26)54-39(57)30-8-6-27(22-31(30)40(54)58)50-16-11-42(12-17-50)13-18-51(19-14-42)28-7-10-33(44-23-28)47-37-35(36(43)55)45-24-34(48-37)52-15-3-4-29(25-52)53-21-20-49(2)41(53)59/h6-8,10,22-24,29,32H,1,3-5,9,11-21,25H2,2H3,(H2,43,55)(H,46,56)(H,44,47,48)/t29-,32?/m0/s1. The zero-order valence-electron chi connectivity index (χ0n) is 33.4. The molecule has 3 aromatic rings. The molecule has 0 aliphatic carbocycles. The van der Waals surface area contributed by atoms with Gasteiger partial charge in [-0.2, -0.15) is 0 Å². The molecule has 5 fully saturated rings. The van der Waals surface area contributed by atoms with Crippen molar-refractivity contribution >= 4 is 58.5 Å². The SMILES string of the molecule is C=C1CCC(N2C(=O)c3ccc(N4CCC5(CCN(c6ccc(Nc7nc(N8CCC[C@H](N9CCN(C)C9=O)C8)cnc7C(N)=O)nc6)CC5)CC4)cc3C2=O)C(=O)N1. The summed E-state index contributed by atoms with van der Waals surface area (Å²) in [6.07, 6.45) is 10.3. The number of anilines is 5. The highest BCUT2D eigenvalue weighted by atomic mass is 16.2. The number of nitrogens with zero attached hydrogens (tertiary/aromatic N) is 9. The molecule has 59 heavy (non-hydrogen) atoms. The summed E-state index contributed by atoms with van der Waals surface area (Å²) < 4.78 is 0. The van der Waals surface area contributed by atoms with E-state index >= 15 is 0 Å². The first-order chi connectivity index (χ1) is 28.5. The van der Waals surface area contributed by atoms with Crippen LogP contribution in [-0.2, 0) is 4.79 Å². The smallest absolute Gasteiger partial charge is 0.320 e. The number of benzene rings is 1. The number of carbonyl (C=O) groups excluding carboxylic acids is 5. The van der Waals surface area contributed by atoms with Gasteiger partial charge in [-0.15, -0.1) is 0 Å². The lowest BCUT2D eigenvalue weighted by atomic mass is 9.71. The highest BCUT2D eigenvalue weighted by molar-refractivity contribution is 6.23. The van der Waals surface area contributed by atoms with Crippen molar-refractivity contribution in [3.8, 4) is 0 Å². The summed E-state index contributed by atoms with van der Waals surface area (Å²) in [5.74, 6) is -0.524. The van der Waals surface area contributed by atoms with Gasteiger partial charge in [0, 0.05) is 70.8 Å². The van der Waals surface area contributed by atoms with Crippen molar-refractivity contribution in [1.29, 1.82) is 0 Å². The van der Waals surface area contributed by atoms with Gasteiger partial charge in [0.05, 0.1) is 35.2 Å². The second kappa shape index (κ2) is 15.2. The summed E-state index contributed by atoms with van der Waals surface area (Å²) >= 11 is 0. The van der Waals surface area contributed by atoms with E-state index in [1.54, 1.807) is 17.2 Å². The Balaban J connectivity index is 0.798. The first-order valence-corrected chi connectivity index (χ1v) is 20.6. The number of nitrogens with two attached hydrogens (primary N) is 1. The second-order valence-corrected chi connectivity index (χ2v) is 16.8. The molecule has 1 unspecified atom stereocenters. The van der Waals surface area contributed by atoms with Gasteiger partial charge in [-0.3, -0.25) is 24.1 Å². The Kier molecular flexibility index (Phi) is 9.83. The number of allylic oxidation sites excluding steroid dienone is 1. The molecular weight excluding hydrogens is 753 g/mol. The van der Waals surface area contributed by atoms with Gasteiger partial charge in [0.1, 0.15) is 17.7 Å². The molecule has 1 spiro atoms. The number of hydrogen-bond donors (Lipinski definition) is 3. The predicted molar refractivity (Wildman–Crippen MR) is 221 cm³/mol. The Morgan fingerprint density at radius 1 is 0.847 bits per heavy atom. The normalized spacial score (nSPS) is 23.3. The van der Waals surface area contributed by atoms with E-state index in [-0.39, 0.29) is 34.9 Å². The number of imide groups is 1. The number of pyridine rings is 1. The van der Waals surface area contributed by atoms with Crippen molar-refractivity contribution in [2.24, 2.45) is 11.1 Å². The zero-order chi connectivity index (χ0) is 41.0. The summed E-state index contributed by atoms with van der Waals surface area (Å²) in [6, 6.07) is 8.67. The van der Waals surface area contributed by atoms with E-state index in [1.807, 2.05) is 42.4 Å². The molecule has 17 heteroatoms. The van der Waals surface area contributed by atoms with Gasteiger partial charge in [-0.1, -0.05) is 6.58 Å². The van der Waals surface area contributed by atoms with Crippen LogP contribution in [0.15, 0.2) is 55.0 Å². The van der Waals surface area contributed by atoms with Crippen LogP contribution in [0.4, 0.5) is 33.6 Å². The summed E-state index contributed by atoms with van der Waals surface area (Å²) in [5.41, 5.74) is 9.20. The minimum Gasteiger partial charge on any atom is -0.371 e. The molecular formula is C42H50N12O5. The molecule has 5 saturated heterocycles. The maximum Gasteiger partial charge on any atom is 0.320 e. The molecule has 0 bridgehead atoms. The van der Waals surface area contributed by atoms with Crippen LogP contribution >= 0.6 is 0 Å². The molecule has 17 nitrogen and oxygen atoms in total. The fourth-order valence-corrected chi connectivity index (χ4v) is 9.71. The Morgan fingerprint density at radius 2 is 1.56 bits per heavy atom. The number of hydrogen-bond acceptors (Lipinski definition) is 12. The van der Waals surface area contributed by atoms with E-state index in [0.717, 1.165) is 94.1 Å². The van der Waals surface area contributed by atoms with Crippen molar-refractivity contribution in [3.05, 3.63) is 71.8 Å².